The molecule has 0 aromatic heterocycles. The standard InChI is InChI=1S/C20H21ClN2O5S/c21-15-8-10-16(11-9-15)29(27,28)23(18-3-1-2-17(18)19(22)24)12-13-4-6-14(7-5-13)20(25)26/h4-11,17-18H,1-3,12H2,(H2,22,24)(H,25,26). The summed E-state index contributed by atoms with van der Waals surface area (Å²) in [6, 6.07) is 11.3. The number of carbonyl (C=O) groups is 2. The summed E-state index contributed by atoms with van der Waals surface area (Å²) in [6.45, 7) is -0.000689. The minimum atomic E-state index is -3.94. The maximum absolute atomic E-state index is 13.4. The molecule has 29 heavy (non-hydrogen) atoms. The van der Waals surface area contributed by atoms with Crippen molar-refractivity contribution in [3.8, 4) is 0 Å². The van der Waals surface area contributed by atoms with Crippen molar-refractivity contribution in [3.05, 3.63) is 64.7 Å². The van der Waals surface area contributed by atoms with Crippen LogP contribution in [-0.4, -0.2) is 35.7 Å². The van der Waals surface area contributed by atoms with Crippen LogP contribution in [0.5, 0.6) is 0 Å². The molecule has 1 fully saturated rings. The predicted molar refractivity (Wildman–Crippen MR) is 108 cm³/mol. The van der Waals surface area contributed by atoms with E-state index in [-0.39, 0.29) is 17.0 Å². The van der Waals surface area contributed by atoms with E-state index in [9.17, 15) is 18.0 Å². The fourth-order valence-corrected chi connectivity index (χ4v) is 5.48. The molecule has 154 valence electrons. The number of sulfonamides is 1. The number of primary amides is 1. The Morgan fingerprint density at radius 2 is 1.69 bits per heavy atom. The van der Waals surface area contributed by atoms with Crippen LogP contribution in [0.25, 0.3) is 0 Å². The van der Waals surface area contributed by atoms with E-state index in [1.807, 2.05) is 0 Å². The molecule has 1 aliphatic carbocycles. The SMILES string of the molecule is NC(=O)C1CCCC1N(Cc1ccc(C(=O)O)cc1)S(=O)(=O)c1ccc(Cl)cc1. The third kappa shape index (κ3) is 4.60. The molecule has 9 heteroatoms. The smallest absolute Gasteiger partial charge is 0.335 e. The fourth-order valence-electron chi connectivity index (χ4n) is 3.67. The number of carbonyl (C=O) groups excluding carboxylic acids is 1. The van der Waals surface area contributed by atoms with Crippen LogP contribution in [0.2, 0.25) is 5.02 Å². The van der Waals surface area contributed by atoms with Gasteiger partial charge in [0.1, 0.15) is 0 Å². The van der Waals surface area contributed by atoms with Crippen molar-refractivity contribution in [2.45, 2.75) is 36.7 Å². The van der Waals surface area contributed by atoms with Gasteiger partial charge in [0.25, 0.3) is 0 Å². The van der Waals surface area contributed by atoms with E-state index in [1.165, 1.54) is 40.7 Å². The summed E-state index contributed by atoms with van der Waals surface area (Å²) in [6.07, 6.45) is 1.75. The van der Waals surface area contributed by atoms with E-state index in [0.717, 1.165) is 0 Å². The number of nitrogens with zero attached hydrogens (tertiary/aromatic N) is 1. The van der Waals surface area contributed by atoms with E-state index in [0.29, 0.717) is 29.8 Å². The molecular formula is C20H21ClN2O5S. The molecule has 1 saturated carbocycles. The van der Waals surface area contributed by atoms with E-state index >= 15 is 0 Å². The van der Waals surface area contributed by atoms with Crippen molar-refractivity contribution in [3.63, 3.8) is 0 Å². The number of carboxylic acids is 1. The summed E-state index contributed by atoms with van der Waals surface area (Å²) in [7, 11) is -3.94. The van der Waals surface area contributed by atoms with Gasteiger partial charge in [-0.15, -0.1) is 0 Å². The molecule has 2 aromatic carbocycles. The summed E-state index contributed by atoms with van der Waals surface area (Å²) in [5.74, 6) is -2.16. The molecule has 2 unspecified atom stereocenters. The number of rotatable bonds is 7. The summed E-state index contributed by atoms with van der Waals surface area (Å²) < 4.78 is 28.1. The average Bonchev–Trinajstić information content (AvgIpc) is 3.16. The van der Waals surface area contributed by atoms with Gasteiger partial charge in [-0.3, -0.25) is 4.79 Å². The van der Waals surface area contributed by atoms with Gasteiger partial charge >= 0.3 is 5.97 Å². The van der Waals surface area contributed by atoms with Gasteiger partial charge in [-0.05, 0) is 54.8 Å². The number of halogens is 1. The van der Waals surface area contributed by atoms with Gasteiger partial charge < -0.3 is 10.8 Å². The minimum Gasteiger partial charge on any atom is -0.478 e. The zero-order valence-corrected chi connectivity index (χ0v) is 17.1. The van der Waals surface area contributed by atoms with Gasteiger partial charge in [-0.25, -0.2) is 13.2 Å². The van der Waals surface area contributed by atoms with Gasteiger partial charge in [0.05, 0.1) is 16.4 Å². The van der Waals surface area contributed by atoms with E-state index in [1.54, 1.807) is 12.1 Å². The van der Waals surface area contributed by atoms with Gasteiger partial charge in [0, 0.05) is 17.6 Å². The first kappa shape index (κ1) is 21.3. The highest BCUT2D eigenvalue weighted by Crippen LogP contribution is 2.34. The lowest BCUT2D eigenvalue weighted by molar-refractivity contribution is -0.122. The van der Waals surface area contributed by atoms with Crippen LogP contribution in [0.1, 0.15) is 35.2 Å². The van der Waals surface area contributed by atoms with Gasteiger partial charge in [-0.1, -0.05) is 30.2 Å². The normalized spacial score (nSPS) is 19.4. The molecule has 0 bridgehead atoms. The minimum absolute atomic E-state index is 0.000689. The molecule has 0 spiro atoms. The summed E-state index contributed by atoms with van der Waals surface area (Å²) >= 11 is 5.89. The monoisotopic (exact) mass is 436 g/mol. The molecule has 0 saturated heterocycles. The molecule has 3 rings (SSSR count). The molecule has 0 heterocycles. The Kier molecular flexibility index (Phi) is 6.26. The molecule has 7 nitrogen and oxygen atoms in total. The number of benzene rings is 2. The number of hydrogen-bond donors (Lipinski definition) is 2. The highest BCUT2D eigenvalue weighted by molar-refractivity contribution is 7.89. The van der Waals surface area contributed by atoms with Crippen molar-refractivity contribution in [2.75, 3.05) is 0 Å². The van der Waals surface area contributed by atoms with Crippen LogP contribution in [-0.2, 0) is 21.4 Å². The predicted octanol–water partition coefficient (Wildman–Crippen LogP) is 2.88. The fraction of sp³-hybridized carbons (Fsp3) is 0.300. The summed E-state index contributed by atoms with van der Waals surface area (Å²) in [5, 5.41) is 9.47. The van der Waals surface area contributed by atoms with E-state index < -0.39 is 33.9 Å². The first-order valence-corrected chi connectivity index (χ1v) is 10.9. The van der Waals surface area contributed by atoms with Crippen molar-refractivity contribution in [1.29, 1.82) is 0 Å². The maximum atomic E-state index is 13.4. The van der Waals surface area contributed by atoms with Crippen LogP contribution in [0.4, 0.5) is 0 Å². The molecule has 3 N–H and O–H groups in total. The Bertz CT molecular complexity index is 1010. The number of carboxylic acid groups (broad SMARTS) is 1. The first-order valence-electron chi connectivity index (χ1n) is 9.09. The number of aromatic carboxylic acids is 1. The second kappa shape index (κ2) is 8.52. The Balaban J connectivity index is 2.00. The van der Waals surface area contributed by atoms with Crippen molar-refractivity contribution in [1.82, 2.24) is 4.31 Å². The molecule has 0 radical (unpaired) electrons. The number of hydrogen-bond acceptors (Lipinski definition) is 4. The molecular weight excluding hydrogens is 416 g/mol. The van der Waals surface area contributed by atoms with Crippen LogP contribution in [0.3, 0.4) is 0 Å². The Morgan fingerprint density at radius 3 is 2.24 bits per heavy atom. The molecule has 0 aliphatic heterocycles. The highest BCUT2D eigenvalue weighted by Gasteiger charge is 2.41. The zero-order valence-electron chi connectivity index (χ0n) is 15.5. The molecule has 2 aromatic rings. The van der Waals surface area contributed by atoms with Gasteiger partial charge in [-0.2, -0.15) is 4.31 Å². The maximum Gasteiger partial charge on any atom is 0.335 e. The number of nitrogens with two attached hydrogens (primary N) is 1. The summed E-state index contributed by atoms with van der Waals surface area (Å²) in [4.78, 5) is 23.0. The summed E-state index contributed by atoms with van der Waals surface area (Å²) in [5.41, 5.74) is 6.25. The van der Waals surface area contributed by atoms with Gasteiger partial charge in [0.2, 0.25) is 15.9 Å². The Labute approximate surface area is 174 Å². The van der Waals surface area contributed by atoms with Gasteiger partial charge in [0.15, 0.2) is 0 Å². The largest absolute Gasteiger partial charge is 0.478 e. The second-order valence-electron chi connectivity index (χ2n) is 7.01. The van der Waals surface area contributed by atoms with Crippen LogP contribution < -0.4 is 5.73 Å². The van der Waals surface area contributed by atoms with Crippen molar-refractivity contribution >= 4 is 33.5 Å². The van der Waals surface area contributed by atoms with E-state index in [4.69, 9.17) is 22.4 Å². The van der Waals surface area contributed by atoms with Crippen LogP contribution in [0.15, 0.2) is 53.4 Å². The van der Waals surface area contributed by atoms with Crippen molar-refractivity contribution in [2.24, 2.45) is 11.7 Å². The molecule has 2 atom stereocenters. The third-order valence-electron chi connectivity index (χ3n) is 5.17. The van der Waals surface area contributed by atoms with E-state index in [2.05, 4.69) is 0 Å². The van der Waals surface area contributed by atoms with Crippen LogP contribution in [0, 0.1) is 5.92 Å². The Morgan fingerprint density at radius 1 is 1.07 bits per heavy atom. The highest BCUT2D eigenvalue weighted by atomic mass is 35.5. The molecule has 1 aliphatic rings. The average molecular weight is 437 g/mol. The lowest BCUT2D eigenvalue weighted by Crippen LogP contribution is -2.45. The van der Waals surface area contributed by atoms with Crippen LogP contribution >= 0.6 is 11.6 Å². The second-order valence-corrected chi connectivity index (χ2v) is 9.34. The van der Waals surface area contributed by atoms with Crippen molar-refractivity contribution < 1.29 is 23.1 Å². The first-order chi connectivity index (χ1) is 13.7. The Hall–Kier alpha value is -2.42. The number of amides is 1. The lowest BCUT2D eigenvalue weighted by Gasteiger charge is -2.31. The third-order valence-corrected chi connectivity index (χ3v) is 7.31. The lowest BCUT2D eigenvalue weighted by atomic mass is 10.0. The quantitative estimate of drug-likeness (QED) is 0.691. The molecule has 1 amide bonds. The topological polar surface area (TPSA) is 118 Å². The zero-order chi connectivity index (χ0) is 21.2.